The van der Waals surface area contributed by atoms with Crippen LogP contribution in [0.25, 0.3) is 5.82 Å². The number of nitrogens with zero attached hydrogens (tertiary/aromatic N) is 3. The summed E-state index contributed by atoms with van der Waals surface area (Å²) in [6.45, 7) is 12.6. The summed E-state index contributed by atoms with van der Waals surface area (Å²) >= 11 is 0. The van der Waals surface area contributed by atoms with E-state index in [0.29, 0.717) is 23.8 Å². The topological polar surface area (TPSA) is 142 Å². The Bertz CT molecular complexity index is 1140. The summed E-state index contributed by atoms with van der Waals surface area (Å²) in [4.78, 5) is 16.7. The second-order valence-corrected chi connectivity index (χ2v) is 11.1. The van der Waals surface area contributed by atoms with Gasteiger partial charge in [-0.1, -0.05) is 24.8 Å². The third kappa shape index (κ3) is 7.17. The molecule has 1 unspecified atom stereocenters. The maximum Gasteiger partial charge on any atom is 0.342 e. The highest BCUT2D eigenvalue weighted by atomic mass is 31.2. The van der Waals surface area contributed by atoms with E-state index in [1.165, 1.54) is 0 Å². The van der Waals surface area contributed by atoms with Crippen molar-refractivity contribution in [2.75, 3.05) is 6.35 Å². The minimum Gasteiger partial charge on any atom is -0.462 e. The molecule has 2 atom stereocenters. The molecule has 1 aliphatic heterocycles. The molecule has 0 saturated carbocycles. The zero-order valence-corrected chi connectivity index (χ0v) is 21.5. The van der Waals surface area contributed by atoms with Crippen LogP contribution >= 0.6 is 7.52 Å². The Morgan fingerprint density at radius 3 is 2.63 bits per heavy atom. The van der Waals surface area contributed by atoms with Crippen LogP contribution in [0.15, 0.2) is 48.1 Å². The van der Waals surface area contributed by atoms with Crippen molar-refractivity contribution in [3.63, 3.8) is 0 Å². The van der Waals surface area contributed by atoms with E-state index >= 15 is 0 Å². The van der Waals surface area contributed by atoms with Gasteiger partial charge in [0.05, 0.1) is 17.9 Å². The van der Waals surface area contributed by atoms with Crippen molar-refractivity contribution in [2.24, 2.45) is 10.7 Å². The van der Waals surface area contributed by atoms with Crippen LogP contribution in [-0.4, -0.2) is 45.8 Å². The molecule has 2 heterocycles. The number of aromatic nitrogens is 2. The van der Waals surface area contributed by atoms with Gasteiger partial charge in [-0.05, 0) is 46.8 Å². The molecular formula is C23H33N6O5P. The lowest BCUT2D eigenvalue weighted by Gasteiger charge is -2.30. The first-order chi connectivity index (χ1) is 16.4. The molecule has 35 heavy (non-hydrogen) atoms. The molecule has 12 heteroatoms. The zero-order chi connectivity index (χ0) is 25.8. The number of esters is 1. The van der Waals surface area contributed by atoms with Gasteiger partial charge in [0.2, 0.25) is 5.96 Å². The fraction of sp³-hybridized carbons (Fsp3) is 0.435. The Morgan fingerprint density at radius 2 is 1.97 bits per heavy atom. The number of para-hydroxylation sites is 1. The number of carbonyl (C=O) groups excluding carboxylic acids is 1. The van der Waals surface area contributed by atoms with Crippen molar-refractivity contribution >= 4 is 31.1 Å². The van der Waals surface area contributed by atoms with Crippen LogP contribution in [-0.2, 0) is 25.3 Å². The van der Waals surface area contributed by atoms with Crippen LogP contribution < -0.4 is 20.7 Å². The van der Waals surface area contributed by atoms with E-state index in [1.807, 2.05) is 19.9 Å². The van der Waals surface area contributed by atoms with E-state index in [4.69, 9.17) is 19.7 Å². The fourth-order valence-corrected chi connectivity index (χ4v) is 5.21. The Hall–Kier alpha value is -3.14. The zero-order valence-electron chi connectivity index (χ0n) is 20.6. The van der Waals surface area contributed by atoms with E-state index in [0.717, 1.165) is 5.56 Å². The molecule has 0 amide bonds. The van der Waals surface area contributed by atoms with Crippen LogP contribution in [0.1, 0.15) is 40.2 Å². The standard InChI is InChI=1S/C23H33N6O5P/c1-15(2)33-21(30)16(3)28-35(31,34-19-10-8-7-9-11-19)14-32-23(5,6)12-18-13-25-29-17(4)26-22(24)27-20(18)29/h7-11,13,15-16H,4,12,14H2,1-3,5-6H3,(H,28,31)(H3,24,26,27)/t16-,35?/m0/s1. The highest BCUT2D eigenvalue weighted by Gasteiger charge is 2.34. The van der Waals surface area contributed by atoms with Crippen LogP contribution in [0.4, 0.5) is 5.82 Å². The van der Waals surface area contributed by atoms with Gasteiger partial charge in [0.25, 0.3) is 0 Å². The summed E-state index contributed by atoms with van der Waals surface area (Å²) in [6, 6.07) is 7.83. The van der Waals surface area contributed by atoms with Gasteiger partial charge in [-0.25, -0.2) is 5.09 Å². The number of aliphatic imine (C=N–C) groups is 1. The van der Waals surface area contributed by atoms with Gasteiger partial charge < -0.3 is 25.0 Å². The number of nitrogens with one attached hydrogen (secondary N) is 2. The Balaban J connectivity index is 1.75. The van der Waals surface area contributed by atoms with E-state index in [2.05, 4.69) is 27.1 Å². The van der Waals surface area contributed by atoms with Crippen molar-refractivity contribution < 1.29 is 23.4 Å². The number of ether oxygens (including phenoxy) is 2. The minimum atomic E-state index is -3.69. The molecule has 2 aromatic rings. The summed E-state index contributed by atoms with van der Waals surface area (Å²) < 4.78 is 32.5. The first kappa shape index (κ1) is 26.5. The average Bonchev–Trinajstić information content (AvgIpc) is 3.15. The summed E-state index contributed by atoms with van der Waals surface area (Å²) in [5.74, 6) is 1.11. The molecule has 1 aromatic heterocycles. The SMILES string of the molecule is C=C1NC(N)=Nc2c(CC(C)(C)OCP(=O)(N[C@@H](C)C(=O)OC(C)C)Oc3ccccc3)cnn21. The Morgan fingerprint density at radius 1 is 1.29 bits per heavy atom. The van der Waals surface area contributed by atoms with Crippen molar-refractivity contribution in [3.8, 4) is 5.75 Å². The number of carbonyl (C=O) groups is 1. The second kappa shape index (κ2) is 10.6. The quantitative estimate of drug-likeness (QED) is 0.310. The molecule has 190 valence electrons. The van der Waals surface area contributed by atoms with Crippen LogP contribution in [0.3, 0.4) is 0 Å². The molecule has 4 N–H and O–H groups in total. The number of guanidine groups is 1. The van der Waals surface area contributed by atoms with Crippen LogP contribution in [0, 0.1) is 0 Å². The molecule has 0 fully saturated rings. The molecule has 1 aliphatic rings. The van der Waals surface area contributed by atoms with Gasteiger partial charge >= 0.3 is 13.5 Å². The number of fused-ring (bicyclic) bond motifs is 1. The van der Waals surface area contributed by atoms with Crippen molar-refractivity contribution in [3.05, 3.63) is 48.7 Å². The van der Waals surface area contributed by atoms with Gasteiger partial charge in [-0.15, -0.1) is 0 Å². The first-order valence-electron chi connectivity index (χ1n) is 11.2. The molecule has 1 aromatic carbocycles. The highest BCUT2D eigenvalue weighted by Crippen LogP contribution is 2.45. The first-order valence-corrected chi connectivity index (χ1v) is 13.0. The largest absolute Gasteiger partial charge is 0.462 e. The number of benzene rings is 1. The predicted molar refractivity (Wildman–Crippen MR) is 134 cm³/mol. The monoisotopic (exact) mass is 504 g/mol. The molecule has 0 bridgehead atoms. The normalized spacial score (nSPS) is 16.1. The predicted octanol–water partition coefficient (Wildman–Crippen LogP) is 3.36. The summed E-state index contributed by atoms with van der Waals surface area (Å²) in [5.41, 5.74) is 5.82. The summed E-state index contributed by atoms with van der Waals surface area (Å²) in [7, 11) is -3.69. The van der Waals surface area contributed by atoms with Gasteiger partial charge in [0, 0.05) is 12.0 Å². The third-order valence-corrected chi connectivity index (χ3v) is 6.66. The number of hydrogen-bond donors (Lipinski definition) is 3. The molecule has 3 rings (SSSR count). The van der Waals surface area contributed by atoms with E-state index in [1.54, 1.807) is 55.9 Å². The summed E-state index contributed by atoms with van der Waals surface area (Å²) in [6.07, 6.45) is 1.46. The second-order valence-electron chi connectivity index (χ2n) is 9.10. The molecular weight excluding hydrogens is 471 g/mol. The van der Waals surface area contributed by atoms with Gasteiger partial charge in [0.15, 0.2) is 5.82 Å². The lowest BCUT2D eigenvalue weighted by molar-refractivity contribution is -0.149. The Kier molecular flexibility index (Phi) is 8.04. The van der Waals surface area contributed by atoms with Gasteiger partial charge in [0.1, 0.15) is 24.0 Å². The average molecular weight is 505 g/mol. The molecule has 0 aliphatic carbocycles. The maximum absolute atomic E-state index is 13.8. The molecule has 0 saturated heterocycles. The highest BCUT2D eigenvalue weighted by molar-refractivity contribution is 7.57. The van der Waals surface area contributed by atoms with E-state index in [-0.39, 0.29) is 18.4 Å². The van der Waals surface area contributed by atoms with E-state index < -0.39 is 25.1 Å². The lowest BCUT2D eigenvalue weighted by atomic mass is 10.0. The summed E-state index contributed by atoms with van der Waals surface area (Å²) in [5, 5.41) is 9.92. The smallest absolute Gasteiger partial charge is 0.342 e. The van der Waals surface area contributed by atoms with Crippen molar-refractivity contribution in [1.82, 2.24) is 20.2 Å². The van der Waals surface area contributed by atoms with Crippen LogP contribution in [0.2, 0.25) is 0 Å². The van der Waals surface area contributed by atoms with E-state index in [9.17, 15) is 9.36 Å². The molecule has 0 spiro atoms. The number of hydrogen-bond acceptors (Lipinski definition) is 9. The van der Waals surface area contributed by atoms with Crippen molar-refractivity contribution in [1.29, 1.82) is 0 Å². The van der Waals surface area contributed by atoms with Gasteiger partial charge in [-0.2, -0.15) is 14.8 Å². The fourth-order valence-electron chi connectivity index (χ4n) is 3.35. The molecule has 11 nitrogen and oxygen atoms in total. The van der Waals surface area contributed by atoms with Crippen LogP contribution in [0.5, 0.6) is 5.75 Å². The molecule has 0 radical (unpaired) electrons. The minimum absolute atomic E-state index is 0.218. The Labute approximate surface area is 205 Å². The van der Waals surface area contributed by atoms with Crippen molar-refractivity contribution in [2.45, 2.75) is 58.8 Å². The third-order valence-electron chi connectivity index (χ3n) is 4.90. The lowest BCUT2D eigenvalue weighted by Crippen LogP contribution is -2.38. The number of nitrogens with two attached hydrogens (primary N) is 1. The maximum atomic E-state index is 13.8. The number of rotatable bonds is 11. The van der Waals surface area contributed by atoms with Gasteiger partial charge in [-0.3, -0.25) is 9.36 Å².